The molecule has 1 aliphatic carbocycles. The van der Waals surface area contributed by atoms with Crippen molar-refractivity contribution in [3.05, 3.63) is 11.8 Å². The highest BCUT2D eigenvalue weighted by Crippen LogP contribution is 2.12. The highest BCUT2D eigenvalue weighted by molar-refractivity contribution is 5.92. The topological polar surface area (TPSA) is 49.3 Å². The van der Waals surface area contributed by atoms with E-state index in [1.807, 2.05) is 6.92 Å². The van der Waals surface area contributed by atoms with Crippen molar-refractivity contribution < 1.29 is 9.90 Å². The lowest BCUT2D eigenvalue weighted by Gasteiger charge is -2.15. The summed E-state index contributed by atoms with van der Waals surface area (Å²) in [6.45, 7) is 2.13. The molecule has 3 heteroatoms. The Morgan fingerprint density at radius 3 is 2.83 bits per heavy atom. The van der Waals surface area contributed by atoms with Crippen LogP contribution in [0.5, 0.6) is 0 Å². The fourth-order valence-electron chi connectivity index (χ4n) is 1.25. The molecular formula is C9H15NO2. The minimum absolute atomic E-state index is 0.0992. The van der Waals surface area contributed by atoms with Crippen molar-refractivity contribution >= 4 is 5.78 Å². The highest BCUT2D eigenvalue weighted by atomic mass is 16.3. The van der Waals surface area contributed by atoms with Gasteiger partial charge in [0.15, 0.2) is 5.78 Å². The third-order valence-electron chi connectivity index (χ3n) is 2.08. The van der Waals surface area contributed by atoms with Crippen molar-refractivity contribution in [3.63, 3.8) is 0 Å². The minimum Gasteiger partial charge on any atom is -0.394 e. The van der Waals surface area contributed by atoms with Crippen LogP contribution in [-0.4, -0.2) is 23.5 Å². The summed E-state index contributed by atoms with van der Waals surface area (Å²) in [5.74, 6) is 0.185. The maximum atomic E-state index is 10.8. The molecule has 0 spiro atoms. The number of aliphatic hydroxyl groups is 1. The monoisotopic (exact) mass is 169 g/mol. The van der Waals surface area contributed by atoms with E-state index in [1.165, 1.54) is 0 Å². The zero-order valence-electron chi connectivity index (χ0n) is 7.34. The number of carbonyl (C=O) groups excluding carboxylic acids is 1. The molecule has 0 aromatic heterocycles. The molecule has 1 unspecified atom stereocenters. The Kier molecular flexibility index (Phi) is 3.29. The summed E-state index contributed by atoms with van der Waals surface area (Å²) in [6, 6.07) is 0.0992. The number of carbonyl (C=O) groups is 1. The Hall–Kier alpha value is -0.830. The molecule has 0 heterocycles. The highest BCUT2D eigenvalue weighted by Gasteiger charge is 2.13. The molecule has 0 bridgehead atoms. The van der Waals surface area contributed by atoms with Gasteiger partial charge in [-0.15, -0.1) is 0 Å². The Balaban J connectivity index is 2.40. The molecular weight excluding hydrogens is 154 g/mol. The van der Waals surface area contributed by atoms with Crippen LogP contribution in [-0.2, 0) is 4.79 Å². The number of hydrogen-bond donors (Lipinski definition) is 2. The molecule has 0 aromatic rings. The number of hydrogen-bond acceptors (Lipinski definition) is 3. The van der Waals surface area contributed by atoms with Gasteiger partial charge in [-0.2, -0.15) is 0 Å². The van der Waals surface area contributed by atoms with Gasteiger partial charge in [0.05, 0.1) is 6.61 Å². The summed E-state index contributed by atoms with van der Waals surface area (Å²) < 4.78 is 0. The molecule has 0 amide bonds. The molecule has 12 heavy (non-hydrogen) atoms. The number of allylic oxidation sites excluding steroid dienone is 2. The number of rotatable bonds is 4. The second-order valence-electron chi connectivity index (χ2n) is 3.07. The second-order valence-corrected chi connectivity index (χ2v) is 3.07. The van der Waals surface area contributed by atoms with Crippen LogP contribution in [0.1, 0.15) is 26.2 Å². The smallest absolute Gasteiger partial charge is 0.157 e. The summed E-state index contributed by atoms with van der Waals surface area (Å²) >= 11 is 0. The van der Waals surface area contributed by atoms with Crippen LogP contribution in [0.15, 0.2) is 11.8 Å². The van der Waals surface area contributed by atoms with E-state index in [9.17, 15) is 4.79 Å². The normalized spacial score (nSPS) is 19.2. The van der Waals surface area contributed by atoms with Crippen molar-refractivity contribution in [2.45, 2.75) is 32.2 Å². The fraction of sp³-hybridized carbons (Fsp3) is 0.667. The average molecular weight is 169 g/mol. The Labute approximate surface area is 72.5 Å². The molecule has 2 N–H and O–H groups in total. The van der Waals surface area contributed by atoms with Crippen LogP contribution >= 0.6 is 0 Å². The lowest BCUT2D eigenvalue weighted by molar-refractivity contribution is -0.114. The molecule has 0 fully saturated rings. The van der Waals surface area contributed by atoms with Gasteiger partial charge < -0.3 is 10.4 Å². The molecule has 1 aliphatic rings. The van der Waals surface area contributed by atoms with Crippen LogP contribution in [0.3, 0.4) is 0 Å². The standard InChI is InChI=1S/C9H15NO2/c1-2-7(6-11)10-8-3-4-9(12)5-8/h5,7,10-11H,2-4,6H2,1H3. The minimum atomic E-state index is 0.0992. The van der Waals surface area contributed by atoms with E-state index in [2.05, 4.69) is 5.32 Å². The molecule has 0 radical (unpaired) electrons. The van der Waals surface area contributed by atoms with E-state index in [0.717, 1.165) is 18.5 Å². The van der Waals surface area contributed by atoms with E-state index in [4.69, 9.17) is 5.11 Å². The number of nitrogens with one attached hydrogen (secondary N) is 1. The fourth-order valence-corrected chi connectivity index (χ4v) is 1.25. The third-order valence-corrected chi connectivity index (χ3v) is 2.08. The van der Waals surface area contributed by atoms with E-state index in [0.29, 0.717) is 6.42 Å². The molecule has 68 valence electrons. The molecule has 1 rings (SSSR count). The van der Waals surface area contributed by atoms with E-state index in [-0.39, 0.29) is 18.4 Å². The predicted octanol–water partition coefficient (Wildman–Crippen LogP) is 0.594. The first kappa shape index (κ1) is 9.26. The quantitative estimate of drug-likeness (QED) is 0.647. The molecule has 0 saturated heterocycles. The van der Waals surface area contributed by atoms with E-state index < -0.39 is 0 Å². The van der Waals surface area contributed by atoms with E-state index >= 15 is 0 Å². The summed E-state index contributed by atoms with van der Waals surface area (Å²) in [4.78, 5) is 10.8. The van der Waals surface area contributed by atoms with Crippen molar-refractivity contribution in [2.75, 3.05) is 6.61 Å². The zero-order valence-corrected chi connectivity index (χ0v) is 7.34. The van der Waals surface area contributed by atoms with Crippen molar-refractivity contribution in [3.8, 4) is 0 Å². The van der Waals surface area contributed by atoms with Gasteiger partial charge in [0, 0.05) is 24.2 Å². The van der Waals surface area contributed by atoms with Crippen LogP contribution < -0.4 is 5.32 Å². The van der Waals surface area contributed by atoms with Crippen LogP contribution in [0.2, 0.25) is 0 Å². The first-order chi connectivity index (χ1) is 5.76. The van der Waals surface area contributed by atoms with Crippen LogP contribution in [0.25, 0.3) is 0 Å². The van der Waals surface area contributed by atoms with Crippen molar-refractivity contribution in [1.29, 1.82) is 0 Å². The maximum absolute atomic E-state index is 10.8. The molecule has 0 saturated carbocycles. The van der Waals surface area contributed by atoms with Crippen LogP contribution in [0, 0.1) is 0 Å². The van der Waals surface area contributed by atoms with Gasteiger partial charge in [0.25, 0.3) is 0 Å². The SMILES string of the molecule is CCC(CO)NC1=CC(=O)CC1. The summed E-state index contributed by atoms with van der Waals surface area (Å²) in [5, 5.41) is 12.0. The molecule has 0 aliphatic heterocycles. The van der Waals surface area contributed by atoms with Crippen molar-refractivity contribution in [2.24, 2.45) is 0 Å². The lowest BCUT2D eigenvalue weighted by atomic mass is 10.2. The van der Waals surface area contributed by atoms with Gasteiger partial charge in [0.2, 0.25) is 0 Å². The summed E-state index contributed by atoms with van der Waals surface area (Å²) in [7, 11) is 0. The Morgan fingerprint density at radius 2 is 2.42 bits per heavy atom. The van der Waals surface area contributed by atoms with Gasteiger partial charge in [0.1, 0.15) is 0 Å². The summed E-state index contributed by atoms with van der Waals surface area (Å²) in [5.41, 5.74) is 0.973. The Bertz CT molecular complexity index is 195. The summed E-state index contributed by atoms with van der Waals surface area (Å²) in [6.07, 6.45) is 3.93. The molecule has 1 atom stereocenters. The third kappa shape index (κ3) is 2.34. The van der Waals surface area contributed by atoms with Gasteiger partial charge in [-0.05, 0) is 12.8 Å². The van der Waals surface area contributed by atoms with Gasteiger partial charge in [-0.1, -0.05) is 6.92 Å². The van der Waals surface area contributed by atoms with Crippen molar-refractivity contribution in [1.82, 2.24) is 5.32 Å². The number of aliphatic hydroxyl groups excluding tert-OH is 1. The van der Waals surface area contributed by atoms with Gasteiger partial charge in [-0.3, -0.25) is 4.79 Å². The molecule has 3 nitrogen and oxygen atoms in total. The molecule has 0 aromatic carbocycles. The second kappa shape index (κ2) is 4.26. The largest absolute Gasteiger partial charge is 0.394 e. The van der Waals surface area contributed by atoms with Crippen LogP contribution in [0.4, 0.5) is 0 Å². The van der Waals surface area contributed by atoms with Gasteiger partial charge in [-0.25, -0.2) is 0 Å². The predicted molar refractivity (Wildman–Crippen MR) is 46.6 cm³/mol. The maximum Gasteiger partial charge on any atom is 0.157 e. The first-order valence-electron chi connectivity index (χ1n) is 4.37. The lowest BCUT2D eigenvalue weighted by Crippen LogP contribution is -2.30. The first-order valence-corrected chi connectivity index (χ1v) is 4.37. The average Bonchev–Trinajstić information content (AvgIpc) is 2.47. The number of ketones is 1. The zero-order chi connectivity index (χ0) is 8.97. The van der Waals surface area contributed by atoms with Gasteiger partial charge >= 0.3 is 0 Å². The van der Waals surface area contributed by atoms with E-state index in [1.54, 1.807) is 6.08 Å². The Morgan fingerprint density at radius 1 is 1.67 bits per heavy atom.